The number of nitrogens with one attached hydrogen (secondary N) is 2. The third kappa shape index (κ3) is 2.52. The van der Waals surface area contributed by atoms with Gasteiger partial charge in [0.05, 0.1) is 10.4 Å². The first-order valence-corrected chi connectivity index (χ1v) is 7.13. The predicted molar refractivity (Wildman–Crippen MR) is 87.8 cm³/mol. The van der Waals surface area contributed by atoms with E-state index in [1.807, 2.05) is 4.90 Å². The molecule has 119 valence electrons. The molecule has 4 rings (SSSR count). The van der Waals surface area contributed by atoms with Gasteiger partial charge in [-0.3, -0.25) is 10.1 Å². The van der Waals surface area contributed by atoms with Gasteiger partial charge in [-0.15, -0.1) is 0 Å². The summed E-state index contributed by atoms with van der Waals surface area (Å²) in [6, 6.07) is 2.94. The molecule has 24 heavy (non-hydrogen) atoms. The second kappa shape index (κ2) is 6.04. The van der Waals surface area contributed by atoms with Gasteiger partial charge in [0.15, 0.2) is 5.65 Å². The summed E-state index contributed by atoms with van der Waals surface area (Å²) >= 11 is 0. The van der Waals surface area contributed by atoms with Gasteiger partial charge < -0.3 is 9.88 Å². The molecule has 1 fully saturated rings. The second-order valence-electron chi connectivity index (χ2n) is 5.46. The average molecular weight is 339 g/mol. The van der Waals surface area contributed by atoms with E-state index in [2.05, 4.69) is 15.1 Å². The van der Waals surface area contributed by atoms with Crippen LogP contribution in [0.5, 0.6) is 0 Å². The molecule has 1 aliphatic heterocycles. The van der Waals surface area contributed by atoms with E-state index < -0.39 is 16.3 Å². The van der Waals surface area contributed by atoms with Gasteiger partial charge in [-0.05, 0) is 18.9 Å². The van der Waals surface area contributed by atoms with Gasteiger partial charge in [0, 0.05) is 54.1 Å². The van der Waals surface area contributed by atoms with Crippen LogP contribution in [0.1, 0.15) is 12.8 Å². The number of nitrogens with zero attached hydrogens (tertiary/aromatic N) is 4. The van der Waals surface area contributed by atoms with E-state index in [1.165, 1.54) is 6.07 Å². The van der Waals surface area contributed by atoms with Crippen molar-refractivity contribution in [2.75, 3.05) is 18.0 Å². The van der Waals surface area contributed by atoms with Gasteiger partial charge >= 0.3 is 11.4 Å². The minimum atomic E-state index is -0.649. The molecule has 1 radical (unpaired) electrons. The topological polar surface area (TPSA) is 129 Å². The Balaban J connectivity index is 0.00000169. The van der Waals surface area contributed by atoms with Crippen LogP contribution in [0, 0.1) is 10.1 Å². The number of anilines is 1. The van der Waals surface area contributed by atoms with E-state index in [0.717, 1.165) is 30.4 Å². The van der Waals surface area contributed by atoms with E-state index in [4.69, 9.17) is 0 Å². The third-order valence-corrected chi connectivity index (χ3v) is 4.07. The maximum Gasteiger partial charge on any atom is 0.362 e. The molecule has 1 aromatic carbocycles. The first kappa shape index (κ1) is 16.7. The zero-order valence-electron chi connectivity index (χ0n) is 12.9. The summed E-state index contributed by atoms with van der Waals surface area (Å²) in [6.07, 6.45) is 1.94. The summed E-state index contributed by atoms with van der Waals surface area (Å²) in [7, 11) is 0. The Morgan fingerprint density at radius 1 is 1.21 bits per heavy atom. The first-order valence-electron chi connectivity index (χ1n) is 7.13. The van der Waals surface area contributed by atoms with Crippen molar-refractivity contribution in [3.05, 3.63) is 43.2 Å². The van der Waals surface area contributed by atoms with Crippen LogP contribution in [-0.2, 0) is 0 Å². The molecule has 1 saturated heterocycles. The van der Waals surface area contributed by atoms with Crippen LogP contribution in [0.3, 0.4) is 0 Å². The Bertz CT molecular complexity index is 1060. The minimum Gasteiger partial charge on any atom is -0.366 e. The maximum absolute atomic E-state index is 11.9. The molecule has 0 unspecified atom stereocenters. The number of fused-ring (bicyclic) bond motifs is 3. The minimum absolute atomic E-state index is 0. The predicted octanol–water partition coefficient (Wildman–Crippen LogP) is -0.00830. The van der Waals surface area contributed by atoms with E-state index in [1.54, 1.807) is 6.07 Å². The Kier molecular flexibility index (Phi) is 4.20. The van der Waals surface area contributed by atoms with Crippen LogP contribution >= 0.6 is 0 Å². The number of benzene rings is 1. The molecule has 1 aliphatic rings. The molecule has 0 saturated carbocycles. The summed E-state index contributed by atoms with van der Waals surface area (Å²) in [6.45, 7) is 1.47. The number of rotatable bonds is 2. The SMILES string of the molecule is O=c1nc2c3cc(N4CCCC4)c([N+](=O)[O-])cc3[nH]c(=O)n2[nH]1.[Na]. The molecule has 10 nitrogen and oxygen atoms in total. The molecule has 11 heteroatoms. The Labute approximate surface area is 155 Å². The van der Waals surface area contributed by atoms with Gasteiger partial charge in [-0.2, -0.15) is 9.50 Å². The van der Waals surface area contributed by atoms with Gasteiger partial charge in [0.25, 0.3) is 5.69 Å². The zero-order chi connectivity index (χ0) is 16.1. The fraction of sp³-hybridized carbons (Fsp3) is 0.308. The van der Waals surface area contributed by atoms with Crippen LogP contribution in [0.4, 0.5) is 11.4 Å². The summed E-state index contributed by atoms with van der Waals surface area (Å²) in [5, 5.41) is 14.2. The fourth-order valence-electron chi connectivity index (χ4n) is 3.04. The maximum atomic E-state index is 11.9. The summed E-state index contributed by atoms with van der Waals surface area (Å²) < 4.78 is 1.00. The average Bonchev–Trinajstić information content (AvgIpc) is 3.15. The molecule has 0 amide bonds. The number of hydrogen-bond acceptors (Lipinski definition) is 6. The van der Waals surface area contributed by atoms with Crippen LogP contribution < -0.4 is 16.3 Å². The number of nitro groups is 1. The Morgan fingerprint density at radius 3 is 2.58 bits per heavy atom. The number of aromatic amines is 2. The molecule has 3 aromatic rings. The summed E-state index contributed by atoms with van der Waals surface area (Å²) in [5.41, 5.74) is -0.420. The Morgan fingerprint density at radius 2 is 1.92 bits per heavy atom. The van der Waals surface area contributed by atoms with Crippen molar-refractivity contribution >= 4 is 57.5 Å². The summed E-state index contributed by atoms with van der Waals surface area (Å²) in [4.78, 5) is 42.6. The van der Waals surface area contributed by atoms with E-state index in [0.29, 0.717) is 11.1 Å². The molecule has 2 aromatic heterocycles. The van der Waals surface area contributed by atoms with Crippen molar-refractivity contribution in [3.63, 3.8) is 0 Å². The van der Waals surface area contributed by atoms with Crippen LogP contribution in [-0.4, -0.2) is 67.2 Å². The molecule has 0 bridgehead atoms. The number of hydrogen-bond donors (Lipinski definition) is 2. The monoisotopic (exact) mass is 339 g/mol. The first-order chi connectivity index (χ1) is 11.0. The molecular weight excluding hydrogens is 327 g/mol. The van der Waals surface area contributed by atoms with Gasteiger partial charge in [0.1, 0.15) is 5.69 Å². The van der Waals surface area contributed by atoms with Crippen molar-refractivity contribution in [1.29, 1.82) is 0 Å². The number of aromatic nitrogens is 4. The van der Waals surface area contributed by atoms with E-state index in [-0.39, 0.29) is 46.4 Å². The van der Waals surface area contributed by atoms with Crippen molar-refractivity contribution in [2.24, 2.45) is 0 Å². The normalized spacial score (nSPS) is 14.2. The molecule has 3 heterocycles. The number of H-pyrrole nitrogens is 2. The summed E-state index contributed by atoms with van der Waals surface area (Å²) in [5.74, 6) is 0. The van der Waals surface area contributed by atoms with Crippen LogP contribution in [0.25, 0.3) is 16.6 Å². The van der Waals surface area contributed by atoms with Crippen molar-refractivity contribution in [1.82, 2.24) is 19.6 Å². The van der Waals surface area contributed by atoms with Crippen LogP contribution in [0.2, 0.25) is 0 Å². The standard InChI is InChI=1S/C13H12N6O4.Na/c20-12-15-11-7-5-9(17-3-1-2-4-17)10(19(22)23)6-8(7)14-13(21)18(11)16-12;/h5-6H,1-4H2,(H,14,21)(H,16,20);. The van der Waals surface area contributed by atoms with Gasteiger partial charge in [-0.25, -0.2) is 14.7 Å². The fourth-order valence-corrected chi connectivity index (χ4v) is 3.04. The van der Waals surface area contributed by atoms with E-state index >= 15 is 0 Å². The van der Waals surface area contributed by atoms with Gasteiger partial charge in [0.2, 0.25) is 0 Å². The quantitative estimate of drug-likeness (QED) is 0.384. The Hall–Kier alpha value is -2.17. The second-order valence-corrected chi connectivity index (χ2v) is 5.46. The molecule has 2 N–H and O–H groups in total. The molecule has 0 spiro atoms. The van der Waals surface area contributed by atoms with Crippen molar-refractivity contribution in [2.45, 2.75) is 12.8 Å². The molecule has 0 atom stereocenters. The van der Waals surface area contributed by atoms with Crippen molar-refractivity contribution < 1.29 is 4.92 Å². The van der Waals surface area contributed by atoms with E-state index in [9.17, 15) is 19.7 Å². The zero-order valence-corrected chi connectivity index (χ0v) is 14.9. The van der Waals surface area contributed by atoms with Gasteiger partial charge in [-0.1, -0.05) is 0 Å². The number of nitro benzene ring substituents is 1. The smallest absolute Gasteiger partial charge is 0.362 e. The van der Waals surface area contributed by atoms with Crippen molar-refractivity contribution in [3.8, 4) is 0 Å². The largest absolute Gasteiger partial charge is 0.366 e. The van der Waals surface area contributed by atoms with Crippen LogP contribution in [0.15, 0.2) is 21.7 Å². The third-order valence-electron chi connectivity index (χ3n) is 4.07. The molecular formula is C13H12N6NaO4. The molecule has 0 aliphatic carbocycles.